The Labute approximate surface area is 212 Å². The Kier molecular flexibility index (Phi) is 8.96. The van der Waals surface area contributed by atoms with Crippen molar-refractivity contribution in [1.82, 2.24) is 0 Å². The van der Waals surface area contributed by atoms with Gasteiger partial charge in [0, 0.05) is 11.1 Å². The van der Waals surface area contributed by atoms with E-state index in [0.29, 0.717) is 23.3 Å². The first kappa shape index (κ1) is 27.0. The van der Waals surface area contributed by atoms with Crippen molar-refractivity contribution in [3.05, 3.63) is 82.9 Å². The highest BCUT2D eigenvalue weighted by atomic mass is 16.5. The van der Waals surface area contributed by atoms with E-state index in [9.17, 15) is 15.0 Å². The lowest BCUT2D eigenvalue weighted by atomic mass is 9.86. The SMILES string of the molecule is COC(=O)c1c(Oc2c(CO)cccc2OCc2ccccc2)ccc(C(O)CC(C)(C)C)c1OC. The van der Waals surface area contributed by atoms with Gasteiger partial charge < -0.3 is 29.2 Å². The highest BCUT2D eigenvalue weighted by molar-refractivity contribution is 5.96. The Hall–Kier alpha value is -3.55. The van der Waals surface area contributed by atoms with Gasteiger partial charge in [-0.1, -0.05) is 63.2 Å². The molecule has 1 unspecified atom stereocenters. The lowest BCUT2D eigenvalue weighted by Crippen LogP contribution is -2.15. The predicted molar refractivity (Wildman–Crippen MR) is 137 cm³/mol. The van der Waals surface area contributed by atoms with E-state index in [2.05, 4.69) is 0 Å². The fourth-order valence-corrected chi connectivity index (χ4v) is 3.89. The van der Waals surface area contributed by atoms with E-state index >= 15 is 0 Å². The lowest BCUT2D eigenvalue weighted by Gasteiger charge is -2.25. The largest absolute Gasteiger partial charge is 0.495 e. The molecule has 0 aliphatic rings. The molecule has 0 amide bonds. The minimum Gasteiger partial charge on any atom is -0.495 e. The van der Waals surface area contributed by atoms with Gasteiger partial charge >= 0.3 is 5.97 Å². The topological polar surface area (TPSA) is 94.5 Å². The Morgan fingerprint density at radius 2 is 1.64 bits per heavy atom. The summed E-state index contributed by atoms with van der Waals surface area (Å²) in [5.74, 6) is 0.309. The van der Waals surface area contributed by atoms with Crippen molar-refractivity contribution in [2.45, 2.75) is 46.5 Å². The molecule has 7 heteroatoms. The summed E-state index contributed by atoms with van der Waals surface area (Å²) in [4.78, 5) is 12.9. The zero-order valence-corrected chi connectivity index (χ0v) is 21.4. The third-order valence-corrected chi connectivity index (χ3v) is 5.59. The minimum absolute atomic E-state index is 0.0345. The Bertz CT molecular complexity index is 1170. The van der Waals surface area contributed by atoms with Gasteiger partial charge in [-0.25, -0.2) is 4.79 Å². The van der Waals surface area contributed by atoms with Gasteiger partial charge in [0.2, 0.25) is 0 Å². The van der Waals surface area contributed by atoms with Crippen molar-refractivity contribution in [3.63, 3.8) is 0 Å². The van der Waals surface area contributed by atoms with Gasteiger partial charge in [-0.15, -0.1) is 0 Å². The number of carbonyl (C=O) groups is 1. The van der Waals surface area contributed by atoms with Crippen LogP contribution in [0.3, 0.4) is 0 Å². The molecule has 192 valence electrons. The summed E-state index contributed by atoms with van der Waals surface area (Å²) in [5, 5.41) is 20.9. The first-order chi connectivity index (χ1) is 17.2. The van der Waals surface area contributed by atoms with E-state index in [4.69, 9.17) is 18.9 Å². The Balaban J connectivity index is 2.05. The van der Waals surface area contributed by atoms with Gasteiger partial charge in [0.15, 0.2) is 11.5 Å². The Morgan fingerprint density at radius 1 is 0.917 bits per heavy atom. The van der Waals surface area contributed by atoms with Crippen LogP contribution in [0.5, 0.6) is 23.0 Å². The number of para-hydroxylation sites is 1. The molecule has 0 saturated carbocycles. The number of aliphatic hydroxyl groups is 2. The number of benzene rings is 3. The van der Waals surface area contributed by atoms with Crippen LogP contribution in [-0.4, -0.2) is 30.4 Å². The molecule has 3 aromatic carbocycles. The van der Waals surface area contributed by atoms with Gasteiger partial charge in [0.25, 0.3) is 0 Å². The lowest BCUT2D eigenvalue weighted by molar-refractivity contribution is 0.0592. The monoisotopic (exact) mass is 494 g/mol. The number of esters is 1. The smallest absolute Gasteiger partial charge is 0.345 e. The summed E-state index contributed by atoms with van der Waals surface area (Å²) in [6.07, 6.45) is -0.415. The molecule has 36 heavy (non-hydrogen) atoms. The third kappa shape index (κ3) is 6.56. The van der Waals surface area contributed by atoms with E-state index in [1.165, 1.54) is 14.2 Å². The van der Waals surface area contributed by atoms with Gasteiger partial charge in [-0.05, 0) is 35.6 Å². The summed E-state index contributed by atoms with van der Waals surface area (Å²) in [7, 11) is 2.69. The van der Waals surface area contributed by atoms with Crippen LogP contribution in [0, 0.1) is 5.41 Å². The number of rotatable bonds is 10. The number of methoxy groups -OCH3 is 2. The zero-order chi connectivity index (χ0) is 26.3. The summed E-state index contributed by atoms with van der Waals surface area (Å²) in [6.45, 7) is 6.04. The quantitative estimate of drug-likeness (QED) is 0.343. The fourth-order valence-electron chi connectivity index (χ4n) is 3.89. The van der Waals surface area contributed by atoms with Crippen LogP contribution in [0.4, 0.5) is 0 Å². The number of ether oxygens (including phenoxy) is 4. The second kappa shape index (κ2) is 11.9. The molecular weight excluding hydrogens is 460 g/mol. The fraction of sp³-hybridized carbons (Fsp3) is 0.345. The average Bonchev–Trinajstić information content (AvgIpc) is 2.86. The maximum absolute atomic E-state index is 12.9. The maximum atomic E-state index is 12.9. The van der Waals surface area contributed by atoms with Crippen LogP contribution in [0.1, 0.15) is 60.3 Å². The number of hydrogen-bond acceptors (Lipinski definition) is 7. The van der Waals surface area contributed by atoms with Crippen molar-refractivity contribution >= 4 is 5.97 Å². The molecule has 0 saturated heterocycles. The maximum Gasteiger partial charge on any atom is 0.345 e. The third-order valence-electron chi connectivity index (χ3n) is 5.59. The second-order valence-corrected chi connectivity index (χ2v) is 9.61. The molecule has 0 spiro atoms. The second-order valence-electron chi connectivity index (χ2n) is 9.61. The summed E-state index contributed by atoms with van der Waals surface area (Å²) in [6, 6.07) is 18.1. The van der Waals surface area contributed by atoms with E-state index < -0.39 is 12.1 Å². The minimum atomic E-state index is -0.869. The molecule has 3 rings (SSSR count). The number of carbonyl (C=O) groups excluding carboxylic acids is 1. The van der Waals surface area contributed by atoms with Crippen LogP contribution < -0.4 is 14.2 Å². The average molecular weight is 495 g/mol. The molecule has 0 fully saturated rings. The predicted octanol–water partition coefficient (Wildman–Crippen LogP) is 5.82. The van der Waals surface area contributed by atoms with Crippen molar-refractivity contribution in [2.75, 3.05) is 14.2 Å². The van der Waals surface area contributed by atoms with E-state index in [1.807, 2.05) is 51.1 Å². The first-order valence-electron chi connectivity index (χ1n) is 11.7. The van der Waals surface area contributed by atoms with Gasteiger partial charge in [0.05, 0.1) is 26.9 Å². The van der Waals surface area contributed by atoms with Crippen LogP contribution in [0.25, 0.3) is 0 Å². The van der Waals surface area contributed by atoms with Gasteiger partial charge in [-0.3, -0.25) is 0 Å². The molecule has 0 bridgehead atoms. The molecule has 3 aromatic rings. The molecule has 1 atom stereocenters. The van der Waals surface area contributed by atoms with Crippen LogP contribution >= 0.6 is 0 Å². The summed E-state index contributed by atoms with van der Waals surface area (Å²) < 4.78 is 22.8. The van der Waals surface area contributed by atoms with E-state index in [1.54, 1.807) is 30.3 Å². The molecule has 0 radical (unpaired) electrons. The van der Waals surface area contributed by atoms with Crippen LogP contribution in [-0.2, 0) is 18.0 Å². The summed E-state index contributed by atoms with van der Waals surface area (Å²) in [5.41, 5.74) is 1.78. The van der Waals surface area contributed by atoms with Crippen LogP contribution in [0.15, 0.2) is 60.7 Å². The van der Waals surface area contributed by atoms with Crippen LogP contribution in [0.2, 0.25) is 0 Å². The zero-order valence-electron chi connectivity index (χ0n) is 21.4. The molecule has 2 N–H and O–H groups in total. The standard InChI is InChI=1S/C29H34O7/c1-29(2,3)16-22(31)21-14-15-23(25(27(21)33-4)28(32)34-5)36-26-20(17-30)12-9-13-24(26)35-18-19-10-7-6-8-11-19/h6-15,22,30-31H,16-18H2,1-5H3. The highest BCUT2D eigenvalue weighted by Gasteiger charge is 2.29. The highest BCUT2D eigenvalue weighted by Crippen LogP contribution is 2.43. The molecule has 0 aliphatic carbocycles. The van der Waals surface area contributed by atoms with Crippen molar-refractivity contribution in [2.24, 2.45) is 5.41 Å². The first-order valence-corrected chi connectivity index (χ1v) is 11.7. The normalized spacial score (nSPS) is 12.1. The van der Waals surface area contributed by atoms with Crippen molar-refractivity contribution in [3.8, 4) is 23.0 Å². The van der Waals surface area contributed by atoms with E-state index in [-0.39, 0.29) is 41.4 Å². The molecular formula is C29H34O7. The van der Waals surface area contributed by atoms with E-state index in [0.717, 1.165) is 5.56 Å². The molecule has 7 nitrogen and oxygen atoms in total. The van der Waals surface area contributed by atoms with Gasteiger partial charge in [-0.2, -0.15) is 0 Å². The van der Waals surface area contributed by atoms with Gasteiger partial charge in [0.1, 0.15) is 23.7 Å². The Morgan fingerprint density at radius 3 is 2.25 bits per heavy atom. The number of aliphatic hydroxyl groups excluding tert-OH is 2. The van der Waals surface area contributed by atoms with Crippen molar-refractivity contribution < 1.29 is 34.0 Å². The molecule has 0 heterocycles. The summed E-state index contributed by atoms with van der Waals surface area (Å²) >= 11 is 0. The molecule has 0 aromatic heterocycles. The van der Waals surface area contributed by atoms with Crippen molar-refractivity contribution in [1.29, 1.82) is 0 Å². The number of hydrogen-bond donors (Lipinski definition) is 2. The molecule has 0 aliphatic heterocycles.